The highest BCUT2D eigenvalue weighted by Gasteiger charge is 2.13. The van der Waals surface area contributed by atoms with Crippen LogP contribution in [0.2, 0.25) is 0 Å². The normalized spacial score (nSPS) is 13.7. The molecule has 0 saturated heterocycles. The Kier molecular flexibility index (Phi) is 5.49. The molecule has 0 bridgehead atoms. The Labute approximate surface area is 109 Å². The second-order valence-corrected chi connectivity index (χ2v) is 4.57. The van der Waals surface area contributed by atoms with Gasteiger partial charge in [-0.15, -0.1) is 0 Å². The number of rotatable bonds is 6. The maximum absolute atomic E-state index is 11.7. The number of hydrogen-bond donors (Lipinski definition) is 2. The average molecular weight is 250 g/mol. The van der Waals surface area contributed by atoms with E-state index < -0.39 is 0 Å². The SMILES string of the molecule is CCC(C)C(C)NC(=O)COc1ccccc1N. The van der Waals surface area contributed by atoms with Gasteiger partial charge in [0.2, 0.25) is 0 Å². The number of hydrogen-bond acceptors (Lipinski definition) is 3. The molecule has 2 atom stereocenters. The molecule has 0 radical (unpaired) electrons. The van der Waals surface area contributed by atoms with Crippen molar-refractivity contribution in [3.05, 3.63) is 24.3 Å². The molecule has 0 heterocycles. The Hall–Kier alpha value is -1.71. The standard InChI is InChI=1S/C14H22N2O2/c1-4-10(2)11(3)16-14(17)9-18-13-8-6-5-7-12(13)15/h5-8,10-11H,4,9,15H2,1-3H3,(H,16,17). The first-order valence-corrected chi connectivity index (χ1v) is 6.31. The van der Waals surface area contributed by atoms with Gasteiger partial charge in [0.15, 0.2) is 6.61 Å². The maximum atomic E-state index is 11.7. The fourth-order valence-electron chi connectivity index (χ4n) is 1.55. The van der Waals surface area contributed by atoms with Crippen molar-refractivity contribution < 1.29 is 9.53 Å². The fraction of sp³-hybridized carbons (Fsp3) is 0.500. The Morgan fingerprint density at radius 1 is 1.39 bits per heavy atom. The van der Waals surface area contributed by atoms with E-state index in [1.807, 2.05) is 19.1 Å². The summed E-state index contributed by atoms with van der Waals surface area (Å²) in [4.78, 5) is 11.7. The molecule has 1 aromatic carbocycles. The van der Waals surface area contributed by atoms with Crippen molar-refractivity contribution in [2.24, 2.45) is 5.92 Å². The van der Waals surface area contributed by atoms with Crippen LogP contribution in [0.3, 0.4) is 0 Å². The van der Waals surface area contributed by atoms with E-state index in [2.05, 4.69) is 19.2 Å². The lowest BCUT2D eigenvalue weighted by Gasteiger charge is -2.20. The van der Waals surface area contributed by atoms with Crippen LogP contribution in [-0.4, -0.2) is 18.6 Å². The van der Waals surface area contributed by atoms with Gasteiger partial charge in [-0.2, -0.15) is 0 Å². The van der Waals surface area contributed by atoms with Gasteiger partial charge in [0.25, 0.3) is 5.91 Å². The minimum Gasteiger partial charge on any atom is -0.482 e. The molecule has 1 aromatic rings. The molecule has 0 saturated carbocycles. The van der Waals surface area contributed by atoms with Crippen LogP contribution >= 0.6 is 0 Å². The van der Waals surface area contributed by atoms with Crippen molar-refractivity contribution >= 4 is 11.6 Å². The van der Waals surface area contributed by atoms with Crippen LogP contribution in [0.5, 0.6) is 5.75 Å². The molecule has 1 amide bonds. The van der Waals surface area contributed by atoms with Crippen LogP contribution in [0, 0.1) is 5.92 Å². The molecule has 1 rings (SSSR count). The largest absolute Gasteiger partial charge is 0.482 e. The highest BCUT2D eigenvalue weighted by molar-refractivity contribution is 5.78. The monoisotopic (exact) mass is 250 g/mol. The zero-order chi connectivity index (χ0) is 13.5. The second-order valence-electron chi connectivity index (χ2n) is 4.57. The van der Waals surface area contributed by atoms with Gasteiger partial charge < -0.3 is 15.8 Å². The third-order valence-corrected chi connectivity index (χ3v) is 3.16. The van der Waals surface area contributed by atoms with E-state index in [0.29, 0.717) is 17.4 Å². The first kappa shape index (κ1) is 14.4. The van der Waals surface area contributed by atoms with Gasteiger partial charge in [-0.25, -0.2) is 0 Å². The number of benzene rings is 1. The van der Waals surface area contributed by atoms with Gasteiger partial charge in [0.1, 0.15) is 5.75 Å². The summed E-state index contributed by atoms with van der Waals surface area (Å²) in [6.07, 6.45) is 1.04. The summed E-state index contributed by atoms with van der Waals surface area (Å²) < 4.78 is 5.38. The zero-order valence-corrected chi connectivity index (χ0v) is 11.3. The summed E-state index contributed by atoms with van der Waals surface area (Å²) >= 11 is 0. The third kappa shape index (κ3) is 4.28. The summed E-state index contributed by atoms with van der Waals surface area (Å²) in [5.41, 5.74) is 6.26. The van der Waals surface area contributed by atoms with E-state index in [9.17, 15) is 4.79 Å². The quantitative estimate of drug-likeness (QED) is 0.761. The Morgan fingerprint density at radius 2 is 2.06 bits per heavy atom. The smallest absolute Gasteiger partial charge is 0.258 e. The van der Waals surface area contributed by atoms with Crippen molar-refractivity contribution in [2.75, 3.05) is 12.3 Å². The van der Waals surface area contributed by atoms with Gasteiger partial charge in [-0.3, -0.25) is 4.79 Å². The fourth-order valence-corrected chi connectivity index (χ4v) is 1.55. The minimum atomic E-state index is -0.119. The molecule has 0 fully saturated rings. The molecule has 0 aliphatic carbocycles. The predicted octanol–water partition coefficient (Wildman–Crippen LogP) is 2.20. The summed E-state index contributed by atoms with van der Waals surface area (Å²) in [5, 5.41) is 2.92. The van der Waals surface area contributed by atoms with E-state index in [1.165, 1.54) is 0 Å². The van der Waals surface area contributed by atoms with Gasteiger partial charge in [-0.1, -0.05) is 32.4 Å². The lowest BCUT2D eigenvalue weighted by Crippen LogP contribution is -2.39. The average Bonchev–Trinajstić information content (AvgIpc) is 2.36. The highest BCUT2D eigenvalue weighted by Crippen LogP contribution is 2.19. The summed E-state index contributed by atoms with van der Waals surface area (Å²) in [6, 6.07) is 7.30. The summed E-state index contributed by atoms with van der Waals surface area (Å²) in [6.45, 7) is 6.22. The van der Waals surface area contributed by atoms with Crippen molar-refractivity contribution in [3.63, 3.8) is 0 Å². The molecule has 3 N–H and O–H groups in total. The van der Waals surface area contributed by atoms with Crippen molar-refractivity contribution in [1.29, 1.82) is 0 Å². The number of amides is 1. The number of nitrogen functional groups attached to an aromatic ring is 1. The Morgan fingerprint density at radius 3 is 2.67 bits per heavy atom. The molecule has 0 spiro atoms. The number of nitrogens with one attached hydrogen (secondary N) is 1. The maximum Gasteiger partial charge on any atom is 0.258 e. The molecule has 2 unspecified atom stereocenters. The first-order chi connectivity index (χ1) is 8.54. The van der Waals surface area contributed by atoms with E-state index in [0.717, 1.165) is 6.42 Å². The second kappa shape index (κ2) is 6.89. The number of anilines is 1. The molecule has 4 heteroatoms. The van der Waals surface area contributed by atoms with Crippen LogP contribution in [0.1, 0.15) is 27.2 Å². The molecule has 0 aliphatic rings. The van der Waals surface area contributed by atoms with E-state index in [1.54, 1.807) is 12.1 Å². The van der Waals surface area contributed by atoms with Crippen LogP contribution in [0.4, 0.5) is 5.69 Å². The Bertz CT molecular complexity index is 393. The number of carbonyl (C=O) groups excluding carboxylic acids is 1. The topological polar surface area (TPSA) is 64.3 Å². The molecular formula is C14H22N2O2. The van der Waals surface area contributed by atoms with Crippen molar-refractivity contribution in [2.45, 2.75) is 33.2 Å². The van der Waals surface area contributed by atoms with Gasteiger partial charge in [-0.05, 0) is 25.0 Å². The van der Waals surface area contributed by atoms with Crippen LogP contribution in [0.15, 0.2) is 24.3 Å². The van der Waals surface area contributed by atoms with Gasteiger partial charge in [0, 0.05) is 6.04 Å². The molecule has 0 aromatic heterocycles. The number of nitrogens with two attached hydrogens (primary N) is 1. The lowest BCUT2D eigenvalue weighted by molar-refractivity contribution is -0.124. The molecule has 0 aliphatic heterocycles. The van der Waals surface area contributed by atoms with Crippen molar-refractivity contribution in [3.8, 4) is 5.75 Å². The van der Waals surface area contributed by atoms with Crippen LogP contribution < -0.4 is 15.8 Å². The van der Waals surface area contributed by atoms with E-state index >= 15 is 0 Å². The predicted molar refractivity (Wildman–Crippen MR) is 73.4 cm³/mol. The molecule has 100 valence electrons. The van der Waals surface area contributed by atoms with Gasteiger partial charge in [0.05, 0.1) is 5.69 Å². The first-order valence-electron chi connectivity index (χ1n) is 6.31. The third-order valence-electron chi connectivity index (χ3n) is 3.16. The summed E-state index contributed by atoms with van der Waals surface area (Å²) in [5.74, 6) is 0.880. The van der Waals surface area contributed by atoms with Crippen LogP contribution in [0.25, 0.3) is 0 Å². The van der Waals surface area contributed by atoms with Gasteiger partial charge >= 0.3 is 0 Å². The lowest BCUT2D eigenvalue weighted by atomic mass is 10.0. The number of ether oxygens (including phenoxy) is 1. The molecule has 18 heavy (non-hydrogen) atoms. The van der Waals surface area contributed by atoms with E-state index in [-0.39, 0.29) is 18.6 Å². The molecule has 4 nitrogen and oxygen atoms in total. The van der Waals surface area contributed by atoms with Crippen molar-refractivity contribution in [1.82, 2.24) is 5.32 Å². The molecular weight excluding hydrogens is 228 g/mol. The zero-order valence-electron chi connectivity index (χ0n) is 11.3. The number of para-hydroxylation sites is 2. The summed E-state index contributed by atoms with van der Waals surface area (Å²) in [7, 11) is 0. The van der Waals surface area contributed by atoms with Crippen LogP contribution in [-0.2, 0) is 4.79 Å². The minimum absolute atomic E-state index is 0.00497. The highest BCUT2D eigenvalue weighted by atomic mass is 16.5. The van der Waals surface area contributed by atoms with E-state index in [4.69, 9.17) is 10.5 Å². The Balaban J connectivity index is 2.40. The number of carbonyl (C=O) groups is 1.